The summed E-state index contributed by atoms with van der Waals surface area (Å²) in [5.41, 5.74) is 2.85. The maximum absolute atomic E-state index is 4.68. The van der Waals surface area contributed by atoms with Gasteiger partial charge in [0.05, 0.1) is 0 Å². The van der Waals surface area contributed by atoms with E-state index in [2.05, 4.69) is 26.8 Å². The summed E-state index contributed by atoms with van der Waals surface area (Å²) in [6.07, 6.45) is 9.63. The average molecular weight is 363 g/mol. The second kappa shape index (κ2) is 6.63. The van der Waals surface area contributed by atoms with Crippen LogP contribution in [0.5, 0.6) is 0 Å². The average Bonchev–Trinajstić information content (AvgIpc) is 3.27. The van der Waals surface area contributed by atoms with Gasteiger partial charge in [0.2, 0.25) is 0 Å². The molecule has 24 heavy (non-hydrogen) atoms. The molecule has 0 saturated carbocycles. The van der Waals surface area contributed by atoms with E-state index in [1.54, 1.807) is 6.08 Å². The van der Waals surface area contributed by atoms with Crippen molar-refractivity contribution in [2.75, 3.05) is 0 Å². The summed E-state index contributed by atoms with van der Waals surface area (Å²) >= 11 is 0.284. The number of allylic oxidation sites excluding steroid dienone is 2. The fourth-order valence-corrected chi connectivity index (χ4v) is 3.81. The first-order valence-electron chi connectivity index (χ1n) is 7.56. The van der Waals surface area contributed by atoms with Crippen LogP contribution in [-0.2, 0) is 19.6 Å². The van der Waals surface area contributed by atoms with E-state index in [1.807, 2.05) is 77.7 Å². The van der Waals surface area contributed by atoms with Crippen LogP contribution in [0.25, 0.3) is 0 Å². The molecule has 0 aliphatic heterocycles. The fourth-order valence-electron chi connectivity index (χ4n) is 2.36. The predicted octanol–water partition coefficient (Wildman–Crippen LogP) is 2.65. The second-order valence-electron chi connectivity index (χ2n) is 5.42. The zero-order valence-corrected chi connectivity index (χ0v) is 15.1. The summed E-state index contributed by atoms with van der Waals surface area (Å²) in [6, 6.07) is 5.97. The Bertz CT molecular complexity index is 771. The van der Waals surface area contributed by atoms with E-state index in [-0.39, 0.29) is 15.0 Å². The second-order valence-corrected chi connectivity index (χ2v) is 6.95. The Hall–Kier alpha value is -2.37. The Morgan fingerprint density at radius 3 is 1.58 bits per heavy atom. The van der Waals surface area contributed by atoms with Gasteiger partial charge >= 0.3 is 147 Å². The molecule has 0 atom stereocenters. The van der Waals surface area contributed by atoms with Crippen molar-refractivity contribution in [3.05, 3.63) is 77.6 Å². The molecule has 0 spiro atoms. The number of rotatable bonds is 6. The van der Waals surface area contributed by atoms with Gasteiger partial charge in [-0.15, -0.1) is 0 Å². The molecule has 0 saturated heterocycles. The molecule has 0 N–H and O–H groups in total. The van der Waals surface area contributed by atoms with Crippen LogP contribution in [0, 0.1) is 20.8 Å². The molecule has 6 nitrogen and oxygen atoms in total. The molecule has 125 valence electrons. The van der Waals surface area contributed by atoms with Gasteiger partial charge in [0, 0.05) is 0 Å². The molecule has 0 fully saturated rings. The Morgan fingerprint density at radius 2 is 1.29 bits per heavy atom. The number of nitrogens with zero attached hydrogens (tertiary/aromatic N) is 6. The van der Waals surface area contributed by atoms with Crippen LogP contribution in [0.2, 0.25) is 0 Å². The number of hydrogen-bond donors (Lipinski definition) is 0. The Kier molecular flexibility index (Phi) is 4.55. The van der Waals surface area contributed by atoms with E-state index in [9.17, 15) is 0 Å². The molecule has 3 heterocycles. The zero-order valence-electron chi connectivity index (χ0n) is 14.0. The van der Waals surface area contributed by atoms with Gasteiger partial charge < -0.3 is 0 Å². The summed E-state index contributed by atoms with van der Waals surface area (Å²) < 4.78 is 5.08. The molecule has 0 amide bonds. The van der Waals surface area contributed by atoms with Crippen molar-refractivity contribution in [1.82, 2.24) is 29.3 Å². The first kappa shape index (κ1) is 16.5. The SMILES string of the molecule is C=CC=[CH][Mn][C](n1ccc(C)n1)(n1ccc(C)n1)n1ccc(C)n1. The van der Waals surface area contributed by atoms with Crippen LogP contribution in [0.3, 0.4) is 0 Å². The topological polar surface area (TPSA) is 53.5 Å². The molecule has 0 radical (unpaired) electrons. The van der Waals surface area contributed by atoms with Gasteiger partial charge in [-0.05, 0) is 0 Å². The Morgan fingerprint density at radius 1 is 0.875 bits per heavy atom. The fraction of sp³-hybridized carbons (Fsp3) is 0.235. The van der Waals surface area contributed by atoms with E-state index in [0.29, 0.717) is 0 Å². The molecular weight excluding hydrogens is 343 g/mol. The van der Waals surface area contributed by atoms with Gasteiger partial charge in [-0.3, -0.25) is 0 Å². The van der Waals surface area contributed by atoms with Crippen molar-refractivity contribution in [1.29, 1.82) is 0 Å². The molecule has 3 rings (SSSR count). The molecule has 0 aliphatic rings. The normalized spacial score (nSPS) is 12.1. The summed E-state index contributed by atoms with van der Waals surface area (Å²) in [5.74, 6) is 0. The Labute approximate surface area is 147 Å². The third kappa shape index (κ3) is 2.88. The van der Waals surface area contributed by atoms with Crippen LogP contribution in [-0.4, -0.2) is 29.3 Å². The number of aromatic nitrogens is 6. The molecule has 3 aromatic rings. The molecular formula is C17H20MnN6. The van der Waals surface area contributed by atoms with Gasteiger partial charge in [-0.2, -0.15) is 0 Å². The third-order valence-corrected chi connectivity index (χ3v) is 5.15. The first-order valence-corrected chi connectivity index (χ1v) is 8.84. The van der Waals surface area contributed by atoms with Crippen LogP contribution >= 0.6 is 0 Å². The third-order valence-electron chi connectivity index (χ3n) is 3.46. The molecule has 0 aliphatic carbocycles. The minimum absolute atomic E-state index is 0.284. The van der Waals surface area contributed by atoms with Crippen LogP contribution in [0.15, 0.2) is 60.5 Å². The van der Waals surface area contributed by atoms with Crippen LogP contribution in [0.1, 0.15) is 17.1 Å². The number of hydrogen-bond acceptors (Lipinski definition) is 3. The van der Waals surface area contributed by atoms with Gasteiger partial charge in [0.15, 0.2) is 0 Å². The quantitative estimate of drug-likeness (QED) is 0.500. The summed E-state index contributed by atoms with van der Waals surface area (Å²) in [5, 5.41) is 14.0. The van der Waals surface area contributed by atoms with Crippen molar-refractivity contribution in [2.24, 2.45) is 0 Å². The van der Waals surface area contributed by atoms with Crippen molar-refractivity contribution in [3.63, 3.8) is 0 Å². The predicted molar refractivity (Wildman–Crippen MR) is 89.0 cm³/mol. The molecule has 0 aromatic carbocycles. The first-order chi connectivity index (χ1) is 11.6. The van der Waals surface area contributed by atoms with Crippen molar-refractivity contribution in [2.45, 2.75) is 25.5 Å². The van der Waals surface area contributed by atoms with E-state index in [4.69, 9.17) is 0 Å². The monoisotopic (exact) mass is 363 g/mol. The van der Waals surface area contributed by atoms with Gasteiger partial charge in [-0.1, -0.05) is 0 Å². The molecule has 0 bridgehead atoms. The molecule has 0 unspecified atom stereocenters. The van der Waals surface area contributed by atoms with Crippen molar-refractivity contribution < 1.29 is 15.0 Å². The van der Waals surface area contributed by atoms with Gasteiger partial charge in [0.25, 0.3) is 0 Å². The van der Waals surface area contributed by atoms with E-state index >= 15 is 0 Å². The Balaban J connectivity index is 2.26. The summed E-state index contributed by atoms with van der Waals surface area (Å²) in [4.78, 5) is 2.08. The standard InChI is InChI=1S/C13H15N6.C4H5.Mn/c1-10-4-7-17(14-10)13(18-8-5-11(2)15-18)19-9-6-12(3)16-19;1-3-4-2;/h4-9H,1-3H3;1,3-4H,2H2;. The van der Waals surface area contributed by atoms with Crippen molar-refractivity contribution >= 4 is 0 Å². The van der Waals surface area contributed by atoms with E-state index in [0.717, 1.165) is 17.1 Å². The molecule has 3 aromatic heterocycles. The summed E-state index contributed by atoms with van der Waals surface area (Å²) in [6.45, 7) is 9.70. The number of aryl methyl sites for hydroxylation is 3. The van der Waals surface area contributed by atoms with Gasteiger partial charge in [-0.25, -0.2) is 0 Å². The van der Waals surface area contributed by atoms with Crippen LogP contribution in [0.4, 0.5) is 0 Å². The zero-order chi connectivity index (χ0) is 17.2. The van der Waals surface area contributed by atoms with E-state index < -0.39 is 4.69 Å². The molecule has 7 heteroatoms. The summed E-state index contributed by atoms with van der Waals surface area (Å²) in [7, 11) is 0. The van der Waals surface area contributed by atoms with Crippen LogP contribution < -0.4 is 0 Å². The van der Waals surface area contributed by atoms with Gasteiger partial charge in [0.1, 0.15) is 0 Å². The van der Waals surface area contributed by atoms with Crippen molar-refractivity contribution in [3.8, 4) is 0 Å². The maximum atomic E-state index is 4.68. The van der Waals surface area contributed by atoms with E-state index in [1.165, 1.54) is 0 Å². The minimum atomic E-state index is -0.695.